The molecule has 22 heavy (non-hydrogen) atoms. The molecule has 118 valence electrons. The molecule has 0 spiro atoms. The van der Waals surface area contributed by atoms with Crippen molar-refractivity contribution in [1.29, 1.82) is 0 Å². The van der Waals surface area contributed by atoms with E-state index in [-0.39, 0.29) is 5.02 Å². The Bertz CT molecular complexity index is 803. The van der Waals surface area contributed by atoms with E-state index in [1.165, 1.54) is 12.1 Å². The topological polar surface area (TPSA) is 43.4 Å². The molecule has 0 aliphatic carbocycles. The van der Waals surface area contributed by atoms with Crippen LogP contribution < -0.4 is 4.18 Å². The second-order valence-electron chi connectivity index (χ2n) is 4.11. The molecule has 0 aliphatic rings. The van der Waals surface area contributed by atoms with E-state index in [1.807, 2.05) is 0 Å². The summed E-state index contributed by atoms with van der Waals surface area (Å²) < 4.78 is 80.6. The number of hydrogen-bond acceptors (Lipinski definition) is 3. The van der Waals surface area contributed by atoms with Crippen LogP contribution in [0.15, 0.2) is 47.4 Å². The lowest BCUT2D eigenvalue weighted by Gasteiger charge is -2.14. The van der Waals surface area contributed by atoms with Gasteiger partial charge in [0.1, 0.15) is 4.90 Å². The first-order chi connectivity index (χ1) is 10.1. The Morgan fingerprint density at radius 2 is 1.68 bits per heavy atom. The minimum atomic E-state index is -4.97. The highest BCUT2D eigenvalue weighted by Gasteiger charge is 2.38. The quantitative estimate of drug-likeness (QED) is 0.611. The van der Waals surface area contributed by atoms with Crippen molar-refractivity contribution in [3.05, 3.63) is 58.9 Å². The molecule has 0 atom stereocenters. The van der Waals surface area contributed by atoms with Crippen LogP contribution in [0.5, 0.6) is 5.75 Å². The van der Waals surface area contributed by atoms with Crippen molar-refractivity contribution in [2.45, 2.75) is 11.1 Å². The molecule has 0 radical (unpaired) electrons. The molecule has 2 rings (SSSR count). The van der Waals surface area contributed by atoms with Gasteiger partial charge in [-0.15, -0.1) is 0 Å². The highest BCUT2D eigenvalue weighted by atomic mass is 35.5. The van der Waals surface area contributed by atoms with Gasteiger partial charge in [-0.05, 0) is 30.3 Å². The van der Waals surface area contributed by atoms with Crippen molar-refractivity contribution in [2.75, 3.05) is 0 Å². The summed E-state index contributed by atoms with van der Waals surface area (Å²) in [6, 6.07) is 6.53. The van der Waals surface area contributed by atoms with Crippen LogP contribution in [0.25, 0.3) is 0 Å². The van der Waals surface area contributed by atoms with Crippen molar-refractivity contribution in [3.8, 4) is 5.75 Å². The largest absolute Gasteiger partial charge is 0.417 e. The van der Waals surface area contributed by atoms with E-state index < -0.39 is 38.3 Å². The van der Waals surface area contributed by atoms with E-state index in [0.717, 1.165) is 18.2 Å². The van der Waals surface area contributed by atoms with Gasteiger partial charge in [0.05, 0.1) is 5.56 Å². The van der Waals surface area contributed by atoms with Crippen LogP contribution in [-0.4, -0.2) is 8.42 Å². The fourth-order valence-corrected chi connectivity index (χ4v) is 2.93. The molecule has 0 fully saturated rings. The van der Waals surface area contributed by atoms with Crippen LogP contribution >= 0.6 is 11.6 Å². The van der Waals surface area contributed by atoms with Gasteiger partial charge in [-0.25, -0.2) is 4.39 Å². The average Bonchev–Trinajstić information content (AvgIpc) is 2.40. The van der Waals surface area contributed by atoms with Gasteiger partial charge in [-0.3, -0.25) is 0 Å². The van der Waals surface area contributed by atoms with Crippen molar-refractivity contribution in [2.24, 2.45) is 0 Å². The maximum atomic E-state index is 13.4. The predicted molar refractivity (Wildman–Crippen MR) is 70.7 cm³/mol. The van der Waals surface area contributed by atoms with Gasteiger partial charge in [-0.2, -0.15) is 21.6 Å². The van der Waals surface area contributed by atoms with Crippen molar-refractivity contribution >= 4 is 21.7 Å². The van der Waals surface area contributed by atoms with Crippen LogP contribution in [0.3, 0.4) is 0 Å². The van der Waals surface area contributed by atoms with Crippen LogP contribution in [-0.2, 0) is 16.3 Å². The minimum Gasteiger partial charge on any atom is -0.376 e. The minimum absolute atomic E-state index is 0.294. The molecule has 9 heteroatoms. The third kappa shape index (κ3) is 3.50. The molecule has 0 bridgehead atoms. The van der Waals surface area contributed by atoms with Gasteiger partial charge in [-0.1, -0.05) is 23.7 Å². The molecule has 0 aliphatic heterocycles. The van der Waals surface area contributed by atoms with Crippen molar-refractivity contribution in [3.63, 3.8) is 0 Å². The third-order valence-corrected chi connectivity index (χ3v) is 4.08. The zero-order chi connectivity index (χ0) is 16.5. The van der Waals surface area contributed by atoms with Crippen LogP contribution in [0, 0.1) is 5.82 Å². The van der Waals surface area contributed by atoms with Gasteiger partial charge in [0, 0.05) is 5.02 Å². The van der Waals surface area contributed by atoms with Crippen LogP contribution in [0.2, 0.25) is 5.02 Å². The number of rotatable bonds is 3. The van der Waals surface area contributed by atoms with E-state index >= 15 is 0 Å². The molecule has 0 heterocycles. The summed E-state index contributed by atoms with van der Waals surface area (Å²) in [4.78, 5) is -1.15. The molecule has 3 nitrogen and oxygen atoms in total. The lowest BCUT2D eigenvalue weighted by Crippen LogP contribution is -2.17. The monoisotopic (exact) mass is 354 g/mol. The van der Waals surface area contributed by atoms with Gasteiger partial charge in [0.25, 0.3) is 0 Å². The summed E-state index contributed by atoms with van der Waals surface area (Å²) in [5.41, 5.74) is -1.49. The first-order valence-corrected chi connectivity index (χ1v) is 7.45. The fourth-order valence-electron chi connectivity index (χ4n) is 1.62. The summed E-state index contributed by atoms with van der Waals surface area (Å²) in [6.45, 7) is 0. The second-order valence-corrected chi connectivity index (χ2v) is 6.06. The van der Waals surface area contributed by atoms with Gasteiger partial charge in [0.2, 0.25) is 0 Å². The average molecular weight is 355 g/mol. The SMILES string of the molecule is O=S(=O)(Oc1ccccc1F)c1ccc(Cl)cc1C(F)(F)F. The normalized spacial score (nSPS) is 12.2. The molecular formula is C13H7ClF4O3S. The number of benzene rings is 2. The fraction of sp³-hybridized carbons (Fsp3) is 0.0769. The van der Waals surface area contributed by atoms with Crippen LogP contribution in [0.1, 0.15) is 5.56 Å². The maximum Gasteiger partial charge on any atom is 0.417 e. The molecule has 0 N–H and O–H groups in total. The van der Waals surface area contributed by atoms with Gasteiger partial charge < -0.3 is 4.18 Å². The smallest absolute Gasteiger partial charge is 0.376 e. The maximum absolute atomic E-state index is 13.4. The van der Waals surface area contributed by atoms with Gasteiger partial charge >= 0.3 is 16.3 Å². The highest BCUT2D eigenvalue weighted by Crippen LogP contribution is 2.36. The Balaban J connectivity index is 2.53. The summed E-state index contributed by atoms with van der Waals surface area (Å²) in [7, 11) is -4.89. The van der Waals surface area contributed by atoms with E-state index in [9.17, 15) is 26.0 Å². The lowest BCUT2D eigenvalue weighted by atomic mass is 10.2. The van der Waals surface area contributed by atoms with Crippen LogP contribution in [0.4, 0.5) is 17.6 Å². The zero-order valence-corrected chi connectivity index (χ0v) is 12.1. The Hall–Kier alpha value is -1.80. The molecule has 2 aromatic carbocycles. The van der Waals surface area contributed by atoms with E-state index in [1.54, 1.807) is 0 Å². The Kier molecular flexibility index (Phi) is 4.35. The Labute approximate surface area is 128 Å². The third-order valence-electron chi connectivity index (χ3n) is 2.55. The summed E-state index contributed by atoms with van der Waals surface area (Å²) >= 11 is 5.46. The molecular weight excluding hydrogens is 348 g/mol. The molecule has 0 aromatic heterocycles. The number of hydrogen-bond donors (Lipinski definition) is 0. The number of para-hydroxylation sites is 1. The van der Waals surface area contributed by atoms with Crippen molar-refractivity contribution in [1.82, 2.24) is 0 Å². The first kappa shape index (κ1) is 16.6. The summed E-state index contributed by atoms with van der Waals surface area (Å²) in [5.74, 6) is -1.72. The predicted octanol–water partition coefficient (Wildman–Crippen LogP) is 4.27. The van der Waals surface area contributed by atoms with E-state index in [0.29, 0.717) is 12.1 Å². The van der Waals surface area contributed by atoms with Gasteiger partial charge in [0.15, 0.2) is 11.6 Å². The summed E-state index contributed by atoms with van der Waals surface area (Å²) in [6.07, 6.45) is -4.97. The summed E-state index contributed by atoms with van der Waals surface area (Å²) in [5, 5.41) is -0.294. The first-order valence-electron chi connectivity index (χ1n) is 5.67. The number of alkyl halides is 3. The van der Waals surface area contributed by atoms with Crippen molar-refractivity contribution < 1.29 is 30.2 Å². The van der Waals surface area contributed by atoms with E-state index in [2.05, 4.69) is 4.18 Å². The molecule has 2 aromatic rings. The zero-order valence-electron chi connectivity index (χ0n) is 10.6. The Morgan fingerprint density at radius 1 is 1.05 bits per heavy atom. The molecule has 0 unspecified atom stereocenters. The highest BCUT2D eigenvalue weighted by molar-refractivity contribution is 7.87. The number of halogens is 5. The second kappa shape index (κ2) is 5.77. The van der Waals surface area contributed by atoms with E-state index in [4.69, 9.17) is 11.6 Å². The lowest BCUT2D eigenvalue weighted by molar-refractivity contribution is -0.139. The molecule has 0 saturated carbocycles. The standard InChI is InChI=1S/C13H7ClF4O3S/c14-8-5-6-12(9(7-8)13(16,17)18)22(19,20)21-11-4-2-1-3-10(11)15/h1-7H. The Morgan fingerprint density at radius 3 is 2.27 bits per heavy atom. The molecule has 0 saturated heterocycles. The molecule has 0 amide bonds.